The van der Waals surface area contributed by atoms with E-state index in [0.29, 0.717) is 13.1 Å². The second-order valence-electron chi connectivity index (χ2n) is 6.88. The number of nitrogens with zero attached hydrogens (tertiary/aromatic N) is 1. The molecule has 1 atom stereocenters. The Morgan fingerprint density at radius 2 is 1.85 bits per heavy atom. The van der Waals surface area contributed by atoms with Crippen LogP contribution < -0.4 is 5.32 Å². The van der Waals surface area contributed by atoms with Gasteiger partial charge in [0.15, 0.2) is 0 Å². The Bertz CT molecular complexity index is 345. The zero-order valence-corrected chi connectivity index (χ0v) is 14.0. The largest absolute Gasteiger partial charge is 0.444 e. The van der Waals surface area contributed by atoms with Crippen LogP contribution >= 0.6 is 0 Å². The molecule has 0 aromatic rings. The number of nitrogens with one attached hydrogen (secondary N) is 1. The molecule has 0 aromatic heterocycles. The van der Waals surface area contributed by atoms with Crippen molar-refractivity contribution in [3.05, 3.63) is 0 Å². The van der Waals surface area contributed by atoms with Gasteiger partial charge in [-0.05, 0) is 48.0 Å². The van der Waals surface area contributed by atoms with Crippen LogP contribution in [0.2, 0.25) is 0 Å². The van der Waals surface area contributed by atoms with Gasteiger partial charge < -0.3 is 15.0 Å². The van der Waals surface area contributed by atoms with Gasteiger partial charge in [0.05, 0.1) is 6.04 Å². The van der Waals surface area contributed by atoms with Gasteiger partial charge in [-0.1, -0.05) is 12.8 Å². The van der Waals surface area contributed by atoms with Gasteiger partial charge in [-0.3, -0.25) is 0 Å². The molecule has 0 spiro atoms. The monoisotopic (exact) mass is 282 g/mol. The molecule has 0 saturated heterocycles. The minimum Gasteiger partial charge on any atom is -0.444 e. The standard InChI is InChI=1S/C16H30N2O2/c1-9-13(10-2)17-11-12-18(15(3,4)5)14(19)20-16(6,7)8/h1,13,17H,10-12H2,2-8H3. The van der Waals surface area contributed by atoms with Crippen molar-refractivity contribution < 1.29 is 9.53 Å². The number of ether oxygens (including phenoxy) is 1. The molecule has 0 fully saturated rings. The van der Waals surface area contributed by atoms with Gasteiger partial charge in [0.2, 0.25) is 0 Å². The van der Waals surface area contributed by atoms with Crippen molar-refractivity contribution in [3.63, 3.8) is 0 Å². The van der Waals surface area contributed by atoms with Crippen LogP contribution in [0, 0.1) is 12.3 Å². The van der Waals surface area contributed by atoms with Crippen molar-refractivity contribution in [1.82, 2.24) is 10.2 Å². The van der Waals surface area contributed by atoms with Crippen LogP contribution in [0.3, 0.4) is 0 Å². The minimum atomic E-state index is -0.487. The van der Waals surface area contributed by atoms with Crippen molar-refractivity contribution in [2.24, 2.45) is 0 Å². The number of rotatable bonds is 5. The van der Waals surface area contributed by atoms with E-state index in [0.717, 1.165) is 6.42 Å². The molecule has 0 aromatic carbocycles. The first kappa shape index (κ1) is 18.8. The molecule has 20 heavy (non-hydrogen) atoms. The average molecular weight is 282 g/mol. The smallest absolute Gasteiger partial charge is 0.410 e. The number of carbonyl (C=O) groups is 1. The predicted octanol–water partition coefficient (Wildman–Crippen LogP) is 3.02. The van der Waals surface area contributed by atoms with E-state index in [4.69, 9.17) is 11.2 Å². The summed E-state index contributed by atoms with van der Waals surface area (Å²) in [6, 6.07) is 0.0513. The lowest BCUT2D eigenvalue weighted by Crippen LogP contribution is -2.50. The SMILES string of the molecule is C#CC(CC)NCCN(C(=O)OC(C)(C)C)C(C)(C)C. The van der Waals surface area contributed by atoms with Crippen molar-refractivity contribution in [3.8, 4) is 12.3 Å². The maximum atomic E-state index is 12.3. The van der Waals surface area contributed by atoms with Gasteiger partial charge >= 0.3 is 6.09 Å². The number of carbonyl (C=O) groups excluding carboxylic acids is 1. The zero-order valence-electron chi connectivity index (χ0n) is 14.0. The fraction of sp³-hybridized carbons (Fsp3) is 0.812. The third-order valence-corrected chi connectivity index (χ3v) is 2.76. The van der Waals surface area contributed by atoms with Gasteiger partial charge in [-0.25, -0.2) is 4.79 Å². The summed E-state index contributed by atoms with van der Waals surface area (Å²) in [5, 5.41) is 3.25. The lowest BCUT2D eigenvalue weighted by Gasteiger charge is -2.37. The second kappa shape index (κ2) is 7.54. The van der Waals surface area contributed by atoms with Crippen molar-refractivity contribution in [2.75, 3.05) is 13.1 Å². The molecule has 0 radical (unpaired) electrons. The molecule has 0 aliphatic heterocycles. The summed E-state index contributed by atoms with van der Waals surface area (Å²) in [5.41, 5.74) is -0.777. The third-order valence-electron chi connectivity index (χ3n) is 2.76. The fourth-order valence-electron chi connectivity index (χ4n) is 1.69. The molecule has 1 N–H and O–H groups in total. The molecule has 0 saturated carbocycles. The van der Waals surface area contributed by atoms with Gasteiger partial charge in [-0.2, -0.15) is 0 Å². The molecule has 0 aliphatic carbocycles. The van der Waals surface area contributed by atoms with Crippen LogP contribution in [0.4, 0.5) is 4.79 Å². The Kier molecular flexibility index (Phi) is 7.08. The highest BCUT2D eigenvalue weighted by Crippen LogP contribution is 2.17. The van der Waals surface area contributed by atoms with E-state index in [9.17, 15) is 4.79 Å². The average Bonchev–Trinajstić information content (AvgIpc) is 2.25. The Labute approximate surface area is 124 Å². The summed E-state index contributed by atoms with van der Waals surface area (Å²) in [6.07, 6.45) is 5.99. The van der Waals surface area contributed by atoms with Crippen molar-refractivity contribution in [2.45, 2.75) is 72.1 Å². The van der Waals surface area contributed by atoms with Gasteiger partial charge in [0.1, 0.15) is 5.60 Å². The molecule has 0 heterocycles. The molecule has 116 valence electrons. The van der Waals surface area contributed by atoms with E-state index in [2.05, 4.69) is 11.2 Å². The highest BCUT2D eigenvalue weighted by atomic mass is 16.6. The lowest BCUT2D eigenvalue weighted by molar-refractivity contribution is 0.00656. The molecule has 0 rings (SSSR count). The number of hydrogen-bond donors (Lipinski definition) is 1. The topological polar surface area (TPSA) is 41.6 Å². The van der Waals surface area contributed by atoms with Gasteiger partial charge in [0.25, 0.3) is 0 Å². The van der Waals surface area contributed by atoms with E-state index in [-0.39, 0.29) is 17.7 Å². The molecule has 0 bridgehead atoms. The molecule has 4 heteroatoms. The summed E-state index contributed by atoms with van der Waals surface area (Å²) in [6.45, 7) is 14.9. The van der Waals surface area contributed by atoms with E-state index >= 15 is 0 Å². The quantitative estimate of drug-likeness (QED) is 0.788. The first-order valence-corrected chi connectivity index (χ1v) is 7.21. The number of amides is 1. The third kappa shape index (κ3) is 7.40. The van der Waals surface area contributed by atoms with Crippen LogP contribution in [-0.2, 0) is 4.74 Å². The summed E-state index contributed by atoms with van der Waals surface area (Å²) in [4.78, 5) is 14.0. The Hall–Kier alpha value is -1.21. The maximum Gasteiger partial charge on any atom is 0.410 e. The minimum absolute atomic E-state index is 0.0513. The van der Waals surface area contributed by atoms with Gasteiger partial charge in [0, 0.05) is 18.6 Å². The van der Waals surface area contributed by atoms with Crippen LogP contribution in [0.5, 0.6) is 0 Å². The summed E-state index contributed by atoms with van der Waals surface area (Å²) >= 11 is 0. The molecule has 1 amide bonds. The van der Waals surface area contributed by atoms with Crippen LogP contribution in [-0.4, -0.2) is 41.3 Å². The van der Waals surface area contributed by atoms with E-state index in [1.807, 2.05) is 48.5 Å². The zero-order chi connectivity index (χ0) is 16.0. The molecule has 4 nitrogen and oxygen atoms in total. The van der Waals surface area contributed by atoms with Crippen LogP contribution in [0.1, 0.15) is 54.9 Å². The fourth-order valence-corrected chi connectivity index (χ4v) is 1.69. The first-order chi connectivity index (χ1) is 9.01. The van der Waals surface area contributed by atoms with Crippen molar-refractivity contribution in [1.29, 1.82) is 0 Å². The Morgan fingerprint density at radius 3 is 2.20 bits per heavy atom. The summed E-state index contributed by atoms with van der Waals surface area (Å²) in [5.74, 6) is 2.69. The van der Waals surface area contributed by atoms with Crippen LogP contribution in [0.25, 0.3) is 0 Å². The summed E-state index contributed by atoms with van der Waals surface area (Å²) < 4.78 is 5.46. The highest BCUT2D eigenvalue weighted by molar-refractivity contribution is 5.69. The van der Waals surface area contributed by atoms with Crippen LogP contribution in [0.15, 0.2) is 0 Å². The van der Waals surface area contributed by atoms with E-state index in [1.54, 1.807) is 4.90 Å². The molecular weight excluding hydrogens is 252 g/mol. The van der Waals surface area contributed by atoms with Gasteiger partial charge in [-0.15, -0.1) is 6.42 Å². The Balaban J connectivity index is 4.61. The number of terminal acetylenes is 1. The van der Waals surface area contributed by atoms with E-state index < -0.39 is 5.60 Å². The van der Waals surface area contributed by atoms with E-state index in [1.165, 1.54) is 0 Å². The summed E-state index contributed by atoms with van der Waals surface area (Å²) in [7, 11) is 0. The molecular formula is C16H30N2O2. The maximum absolute atomic E-state index is 12.3. The normalized spacial score (nSPS) is 13.5. The Morgan fingerprint density at radius 1 is 1.30 bits per heavy atom. The molecule has 0 aliphatic rings. The number of hydrogen-bond acceptors (Lipinski definition) is 3. The van der Waals surface area contributed by atoms with Crippen molar-refractivity contribution >= 4 is 6.09 Å². The molecule has 1 unspecified atom stereocenters. The second-order valence-corrected chi connectivity index (χ2v) is 6.88. The first-order valence-electron chi connectivity index (χ1n) is 7.21. The predicted molar refractivity (Wildman–Crippen MR) is 83.6 cm³/mol. The highest BCUT2D eigenvalue weighted by Gasteiger charge is 2.30. The lowest BCUT2D eigenvalue weighted by atomic mass is 10.1.